The van der Waals surface area contributed by atoms with E-state index in [1.807, 2.05) is 0 Å². The molecule has 10 heteroatoms. The van der Waals surface area contributed by atoms with Gasteiger partial charge in [0, 0.05) is 18.2 Å². The van der Waals surface area contributed by atoms with Crippen molar-refractivity contribution in [1.29, 1.82) is 0 Å². The number of carbonyl (C=O) groups is 2. The molecule has 2 amide bonds. The molecule has 2 aromatic rings. The third kappa shape index (κ3) is 4.60. The van der Waals surface area contributed by atoms with E-state index >= 15 is 0 Å². The minimum atomic E-state index is -3.05. The van der Waals surface area contributed by atoms with Crippen molar-refractivity contribution in [2.45, 2.75) is 19.1 Å². The van der Waals surface area contributed by atoms with Gasteiger partial charge in [-0.15, -0.1) is 0 Å². The second-order valence-corrected chi connectivity index (χ2v) is 6.05. The quantitative estimate of drug-likeness (QED) is 0.737. The molecule has 1 heterocycles. The first kappa shape index (κ1) is 20.1. The summed E-state index contributed by atoms with van der Waals surface area (Å²) in [4.78, 5) is 24.4. The topological polar surface area (TPSA) is 106 Å². The number of rotatable bonds is 7. The number of primary amides is 1. The number of carbonyl (C=O) groups excluding carboxylic acids is 2. The van der Waals surface area contributed by atoms with E-state index in [4.69, 9.17) is 10.5 Å². The van der Waals surface area contributed by atoms with Gasteiger partial charge in [-0.25, -0.2) is 0 Å². The van der Waals surface area contributed by atoms with Crippen LogP contribution < -0.4 is 25.5 Å². The van der Waals surface area contributed by atoms with Gasteiger partial charge in [-0.3, -0.25) is 14.6 Å². The molecule has 3 N–H and O–H groups in total. The number of benzene rings is 2. The average molecular weight is 404 g/mol. The summed E-state index contributed by atoms with van der Waals surface area (Å²) in [6, 6.07) is 12.0. The van der Waals surface area contributed by atoms with Crippen molar-refractivity contribution < 1.29 is 27.8 Å². The Balaban J connectivity index is 1.81. The number of amides is 2. The van der Waals surface area contributed by atoms with Crippen molar-refractivity contribution in [1.82, 2.24) is 0 Å². The lowest BCUT2D eigenvalue weighted by Crippen LogP contribution is -2.39. The highest BCUT2D eigenvalue weighted by molar-refractivity contribution is 6.44. The summed E-state index contributed by atoms with van der Waals surface area (Å²) in [5, 5.41) is 8.16. The molecule has 0 aliphatic carbocycles. The predicted molar refractivity (Wildman–Crippen MR) is 102 cm³/mol. The molecule has 1 aliphatic heterocycles. The number of halogens is 2. The largest absolute Gasteiger partial charge is 0.493 e. The van der Waals surface area contributed by atoms with Crippen LogP contribution in [0.15, 0.2) is 53.6 Å². The Bertz CT molecular complexity index is 937. The van der Waals surface area contributed by atoms with Gasteiger partial charge in [0.05, 0.1) is 12.8 Å². The van der Waals surface area contributed by atoms with E-state index in [2.05, 4.69) is 15.2 Å². The van der Waals surface area contributed by atoms with Crippen LogP contribution in [0.2, 0.25) is 0 Å². The number of anilines is 2. The van der Waals surface area contributed by atoms with E-state index in [0.29, 0.717) is 5.69 Å². The van der Waals surface area contributed by atoms with Crippen LogP contribution in [-0.4, -0.2) is 37.3 Å². The van der Waals surface area contributed by atoms with Crippen molar-refractivity contribution in [3.8, 4) is 11.5 Å². The summed E-state index contributed by atoms with van der Waals surface area (Å²) in [7, 11) is 1.31. The van der Waals surface area contributed by atoms with E-state index in [1.54, 1.807) is 30.3 Å². The molecule has 1 unspecified atom stereocenters. The van der Waals surface area contributed by atoms with E-state index in [9.17, 15) is 18.4 Å². The maximum absolute atomic E-state index is 12.6. The molecule has 29 heavy (non-hydrogen) atoms. The van der Waals surface area contributed by atoms with Crippen LogP contribution in [0.3, 0.4) is 0 Å². The van der Waals surface area contributed by atoms with Gasteiger partial charge in [-0.2, -0.15) is 13.9 Å². The van der Waals surface area contributed by atoms with Crippen LogP contribution in [0.4, 0.5) is 20.2 Å². The third-order valence-electron chi connectivity index (χ3n) is 4.16. The highest BCUT2D eigenvalue weighted by atomic mass is 19.3. The number of hydrazone groups is 1. The van der Waals surface area contributed by atoms with Gasteiger partial charge in [0.15, 0.2) is 11.5 Å². The van der Waals surface area contributed by atoms with Crippen molar-refractivity contribution in [3.63, 3.8) is 0 Å². The fourth-order valence-corrected chi connectivity index (χ4v) is 2.83. The Labute approximate surface area is 164 Å². The average Bonchev–Trinajstić information content (AvgIpc) is 3.14. The minimum Gasteiger partial charge on any atom is -0.493 e. The summed E-state index contributed by atoms with van der Waals surface area (Å²) in [5.74, 6) is -1.36. The van der Waals surface area contributed by atoms with Crippen molar-refractivity contribution >= 4 is 28.9 Å². The van der Waals surface area contributed by atoms with E-state index in [0.717, 1.165) is 0 Å². The summed E-state index contributed by atoms with van der Waals surface area (Å²) in [5.41, 5.74) is 6.33. The lowest BCUT2D eigenvalue weighted by molar-refractivity contribution is -0.119. The molecule has 0 radical (unpaired) electrons. The Morgan fingerprint density at radius 3 is 2.55 bits per heavy atom. The number of ether oxygens (including phenoxy) is 2. The number of para-hydroxylation sites is 1. The number of alkyl halides is 2. The summed E-state index contributed by atoms with van der Waals surface area (Å²) < 4.78 is 34.5. The number of hydrogen-bond donors (Lipinski definition) is 2. The molecular weight excluding hydrogens is 386 g/mol. The molecular formula is C19H18F2N4O4. The summed E-state index contributed by atoms with van der Waals surface area (Å²) >= 11 is 0. The minimum absolute atomic E-state index is 0.00655. The van der Waals surface area contributed by atoms with Gasteiger partial charge in [0.1, 0.15) is 11.8 Å². The lowest BCUT2D eigenvalue weighted by atomic mass is 10.1. The summed E-state index contributed by atoms with van der Waals surface area (Å²) in [6.07, 6.45) is 0.00655. The number of nitrogens with two attached hydrogens (primary N) is 1. The Kier molecular flexibility index (Phi) is 5.91. The van der Waals surface area contributed by atoms with Crippen LogP contribution >= 0.6 is 0 Å². The van der Waals surface area contributed by atoms with Crippen LogP contribution in [0, 0.1) is 0 Å². The molecule has 0 fully saturated rings. The maximum Gasteiger partial charge on any atom is 0.387 e. The number of nitrogens with zero attached hydrogens (tertiary/aromatic N) is 2. The molecule has 0 bridgehead atoms. The van der Waals surface area contributed by atoms with Gasteiger partial charge in [0.25, 0.3) is 5.91 Å². The Hall–Kier alpha value is -3.69. The zero-order chi connectivity index (χ0) is 21.0. The van der Waals surface area contributed by atoms with Crippen molar-refractivity contribution in [2.75, 3.05) is 17.4 Å². The fourth-order valence-electron chi connectivity index (χ4n) is 2.83. The van der Waals surface area contributed by atoms with Gasteiger partial charge in [-0.05, 0) is 24.3 Å². The smallest absolute Gasteiger partial charge is 0.387 e. The van der Waals surface area contributed by atoms with E-state index in [1.165, 1.54) is 30.3 Å². The van der Waals surface area contributed by atoms with Crippen LogP contribution in [0.1, 0.15) is 6.42 Å². The van der Waals surface area contributed by atoms with Crippen molar-refractivity contribution in [3.05, 3.63) is 48.5 Å². The molecule has 2 aromatic carbocycles. The first-order valence-corrected chi connectivity index (χ1v) is 8.54. The van der Waals surface area contributed by atoms with Crippen LogP contribution in [0.25, 0.3) is 0 Å². The van der Waals surface area contributed by atoms with Crippen LogP contribution in [0.5, 0.6) is 11.5 Å². The van der Waals surface area contributed by atoms with Gasteiger partial charge in [0.2, 0.25) is 5.91 Å². The predicted octanol–water partition coefficient (Wildman–Crippen LogP) is 2.36. The molecule has 8 nitrogen and oxygen atoms in total. The van der Waals surface area contributed by atoms with Crippen molar-refractivity contribution in [2.24, 2.45) is 10.8 Å². The molecule has 1 aliphatic rings. The zero-order valence-electron chi connectivity index (χ0n) is 15.3. The number of nitrogens with one attached hydrogen (secondary N) is 1. The lowest BCUT2D eigenvalue weighted by Gasteiger charge is -2.20. The number of hydrogen-bond acceptors (Lipinski definition) is 6. The number of methoxy groups -OCH3 is 1. The molecule has 3 rings (SSSR count). The van der Waals surface area contributed by atoms with Gasteiger partial charge in [-0.1, -0.05) is 18.2 Å². The van der Waals surface area contributed by atoms with Crippen LogP contribution in [-0.2, 0) is 9.59 Å². The Morgan fingerprint density at radius 2 is 1.93 bits per heavy atom. The van der Waals surface area contributed by atoms with Gasteiger partial charge < -0.3 is 20.5 Å². The molecule has 0 saturated carbocycles. The second-order valence-electron chi connectivity index (χ2n) is 6.05. The van der Waals surface area contributed by atoms with E-state index in [-0.39, 0.29) is 29.3 Å². The molecule has 0 saturated heterocycles. The third-order valence-corrected chi connectivity index (χ3v) is 4.16. The van der Waals surface area contributed by atoms with Gasteiger partial charge >= 0.3 is 6.61 Å². The SMILES string of the molecule is COc1ccc(NC(=O)C2=NN(c3ccccc3)C(C(N)=O)C2)cc1OC(F)F. The first-order valence-electron chi connectivity index (χ1n) is 8.54. The highest BCUT2D eigenvalue weighted by Crippen LogP contribution is 2.32. The Morgan fingerprint density at radius 1 is 1.21 bits per heavy atom. The maximum atomic E-state index is 12.6. The molecule has 152 valence electrons. The fraction of sp³-hybridized carbons (Fsp3) is 0.211. The molecule has 0 aromatic heterocycles. The second kappa shape index (κ2) is 8.55. The molecule has 1 atom stereocenters. The zero-order valence-corrected chi connectivity index (χ0v) is 15.3. The first-order chi connectivity index (χ1) is 13.9. The normalized spacial score (nSPS) is 15.8. The standard InChI is InChI=1S/C19H18F2N4O4/c1-28-15-8-7-11(9-16(15)29-19(20)21)23-18(27)13-10-14(17(22)26)25(24-13)12-5-3-2-4-6-12/h2-9,14,19H,10H2,1H3,(H2,22,26)(H,23,27). The van der Waals surface area contributed by atoms with E-state index < -0.39 is 24.5 Å². The molecule has 0 spiro atoms. The highest BCUT2D eigenvalue weighted by Gasteiger charge is 2.35. The summed E-state index contributed by atoms with van der Waals surface area (Å²) in [6.45, 7) is -3.05. The monoisotopic (exact) mass is 404 g/mol.